The van der Waals surface area contributed by atoms with E-state index in [2.05, 4.69) is 9.88 Å². The third-order valence-electron chi connectivity index (χ3n) is 2.84. The molecule has 0 atom stereocenters. The average Bonchev–Trinajstić information content (AvgIpc) is 2.33. The fourth-order valence-corrected chi connectivity index (χ4v) is 2.12. The first-order valence-electron chi connectivity index (χ1n) is 5.82. The van der Waals surface area contributed by atoms with E-state index in [1.165, 1.54) is 32.4 Å². The van der Waals surface area contributed by atoms with Crippen molar-refractivity contribution in [1.82, 2.24) is 9.88 Å². The van der Waals surface area contributed by atoms with Crippen molar-refractivity contribution in [1.29, 1.82) is 0 Å². The molecule has 1 aromatic heterocycles. The Bertz CT molecular complexity index is 327. The van der Waals surface area contributed by atoms with Crippen LogP contribution >= 0.6 is 11.6 Å². The molecule has 0 aromatic carbocycles. The number of likely N-dealkylation sites (tertiary alicyclic amines) is 1. The van der Waals surface area contributed by atoms with Crippen molar-refractivity contribution in [3.8, 4) is 5.75 Å². The minimum absolute atomic E-state index is 0.446. The van der Waals surface area contributed by atoms with Crippen LogP contribution in [0.3, 0.4) is 0 Å². The van der Waals surface area contributed by atoms with Gasteiger partial charge in [-0.15, -0.1) is 0 Å². The van der Waals surface area contributed by atoms with Crippen LogP contribution < -0.4 is 4.74 Å². The second kappa shape index (κ2) is 6.06. The Morgan fingerprint density at radius 1 is 1.31 bits per heavy atom. The highest BCUT2D eigenvalue weighted by atomic mass is 35.5. The molecule has 2 heterocycles. The van der Waals surface area contributed by atoms with Crippen LogP contribution in [0.2, 0.25) is 5.15 Å². The fraction of sp³-hybridized carbons (Fsp3) is 0.583. The van der Waals surface area contributed by atoms with Gasteiger partial charge in [0, 0.05) is 12.7 Å². The van der Waals surface area contributed by atoms with Crippen LogP contribution in [0.5, 0.6) is 5.75 Å². The van der Waals surface area contributed by atoms with Crippen LogP contribution in [0.25, 0.3) is 0 Å². The third-order valence-corrected chi connectivity index (χ3v) is 3.12. The maximum absolute atomic E-state index is 5.90. The van der Waals surface area contributed by atoms with E-state index in [-0.39, 0.29) is 0 Å². The summed E-state index contributed by atoms with van der Waals surface area (Å²) in [6.45, 7) is 4.06. The summed E-state index contributed by atoms with van der Waals surface area (Å²) >= 11 is 5.90. The molecule has 4 heteroatoms. The summed E-state index contributed by atoms with van der Waals surface area (Å²) in [5.41, 5.74) is 0. The summed E-state index contributed by atoms with van der Waals surface area (Å²) in [4.78, 5) is 6.41. The van der Waals surface area contributed by atoms with Gasteiger partial charge in [0.05, 0.1) is 0 Å². The minimum Gasteiger partial charge on any atom is -0.489 e. The predicted octanol–water partition coefficient (Wildman–Crippen LogP) is 2.60. The Balaban J connectivity index is 1.73. The van der Waals surface area contributed by atoms with Gasteiger partial charge < -0.3 is 4.74 Å². The molecule has 0 unspecified atom stereocenters. The molecule has 0 saturated carbocycles. The van der Waals surface area contributed by atoms with E-state index >= 15 is 0 Å². The highest BCUT2D eigenvalue weighted by Crippen LogP contribution is 2.20. The fourth-order valence-electron chi connectivity index (χ4n) is 1.95. The van der Waals surface area contributed by atoms with Gasteiger partial charge in [0.15, 0.2) is 10.9 Å². The zero-order valence-corrected chi connectivity index (χ0v) is 10.1. The molecule has 1 aliphatic heterocycles. The number of ether oxygens (including phenoxy) is 1. The molecule has 1 aromatic rings. The Hall–Kier alpha value is -0.800. The molecule has 1 fully saturated rings. The van der Waals surface area contributed by atoms with Crippen LogP contribution in [0, 0.1) is 0 Å². The lowest BCUT2D eigenvalue weighted by Crippen LogP contribution is -2.33. The maximum atomic E-state index is 5.90. The van der Waals surface area contributed by atoms with Crippen LogP contribution in [0.1, 0.15) is 19.3 Å². The van der Waals surface area contributed by atoms with Crippen molar-refractivity contribution < 1.29 is 4.74 Å². The van der Waals surface area contributed by atoms with E-state index in [0.29, 0.717) is 17.5 Å². The molecule has 0 amide bonds. The first-order valence-corrected chi connectivity index (χ1v) is 6.20. The summed E-state index contributed by atoms with van der Waals surface area (Å²) in [6, 6.07) is 3.69. The van der Waals surface area contributed by atoms with Gasteiger partial charge in [-0.1, -0.05) is 18.0 Å². The van der Waals surface area contributed by atoms with Crippen molar-refractivity contribution in [3.63, 3.8) is 0 Å². The van der Waals surface area contributed by atoms with E-state index in [1.54, 1.807) is 6.20 Å². The zero-order valence-electron chi connectivity index (χ0n) is 9.36. The molecule has 0 spiro atoms. The van der Waals surface area contributed by atoms with E-state index in [1.807, 2.05) is 12.1 Å². The number of aromatic nitrogens is 1. The Morgan fingerprint density at radius 3 is 2.88 bits per heavy atom. The standard InChI is InChI=1S/C12H17ClN2O/c13-12-11(5-4-6-14-12)16-10-9-15-7-2-1-3-8-15/h4-6H,1-3,7-10H2. The van der Waals surface area contributed by atoms with Crippen molar-refractivity contribution in [2.24, 2.45) is 0 Å². The molecule has 0 radical (unpaired) electrons. The van der Waals surface area contributed by atoms with Gasteiger partial charge in [0.2, 0.25) is 0 Å². The lowest BCUT2D eigenvalue weighted by Gasteiger charge is -2.26. The van der Waals surface area contributed by atoms with Gasteiger partial charge in [-0.2, -0.15) is 0 Å². The van der Waals surface area contributed by atoms with Gasteiger partial charge in [-0.25, -0.2) is 4.98 Å². The minimum atomic E-state index is 0.446. The molecule has 1 saturated heterocycles. The highest BCUT2D eigenvalue weighted by Gasteiger charge is 2.09. The van der Waals surface area contributed by atoms with Crippen molar-refractivity contribution >= 4 is 11.6 Å². The van der Waals surface area contributed by atoms with Crippen molar-refractivity contribution in [3.05, 3.63) is 23.5 Å². The van der Waals surface area contributed by atoms with Crippen LogP contribution in [-0.2, 0) is 0 Å². The predicted molar refractivity (Wildman–Crippen MR) is 65.0 cm³/mol. The smallest absolute Gasteiger partial charge is 0.171 e. The highest BCUT2D eigenvalue weighted by molar-refractivity contribution is 6.30. The second-order valence-corrected chi connectivity index (χ2v) is 4.40. The summed E-state index contributed by atoms with van der Waals surface area (Å²) in [7, 11) is 0. The van der Waals surface area contributed by atoms with Crippen LogP contribution in [0.15, 0.2) is 18.3 Å². The third kappa shape index (κ3) is 3.35. The van der Waals surface area contributed by atoms with E-state index in [4.69, 9.17) is 16.3 Å². The van der Waals surface area contributed by atoms with Gasteiger partial charge in [-0.05, 0) is 38.1 Å². The Kier molecular flexibility index (Phi) is 4.43. The molecule has 0 N–H and O–H groups in total. The van der Waals surface area contributed by atoms with Gasteiger partial charge in [0.25, 0.3) is 0 Å². The molecule has 0 aliphatic carbocycles. The monoisotopic (exact) mass is 240 g/mol. The molecular weight excluding hydrogens is 224 g/mol. The topological polar surface area (TPSA) is 25.4 Å². The van der Waals surface area contributed by atoms with Gasteiger partial charge in [0.1, 0.15) is 6.61 Å². The first-order chi connectivity index (χ1) is 7.86. The normalized spacial score (nSPS) is 17.3. The summed E-state index contributed by atoms with van der Waals surface area (Å²) in [5.74, 6) is 0.682. The molecule has 88 valence electrons. The molecule has 0 bridgehead atoms. The molecule has 2 rings (SSSR count). The number of nitrogens with zero attached hydrogens (tertiary/aromatic N) is 2. The largest absolute Gasteiger partial charge is 0.489 e. The van der Waals surface area contributed by atoms with E-state index in [9.17, 15) is 0 Å². The number of hydrogen-bond acceptors (Lipinski definition) is 3. The first kappa shape index (κ1) is 11.7. The number of piperidine rings is 1. The maximum Gasteiger partial charge on any atom is 0.171 e. The van der Waals surface area contributed by atoms with E-state index < -0.39 is 0 Å². The quantitative estimate of drug-likeness (QED) is 0.757. The number of pyridine rings is 1. The molecular formula is C12H17ClN2O. The molecule has 16 heavy (non-hydrogen) atoms. The van der Waals surface area contributed by atoms with Gasteiger partial charge in [-0.3, -0.25) is 4.90 Å². The number of rotatable bonds is 4. The SMILES string of the molecule is Clc1ncccc1OCCN1CCCCC1. The van der Waals surface area contributed by atoms with Crippen LogP contribution in [0.4, 0.5) is 0 Å². The van der Waals surface area contributed by atoms with E-state index in [0.717, 1.165) is 6.54 Å². The van der Waals surface area contributed by atoms with Gasteiger partial charge >= 0.3 is 0 Å². The molecule has 3 nitrogen and oxygen atoms in total. The molecule has 1 aliphatic rings. The summed E-state index contributed by atoms with van der Waals surface area (Å²) in [6.07, 6.45) is 5.66. The average molecular weight is 241 g/mol. The second-order valence-electron chi connectivity index (χ2n) is 4.04. The number of hydrogen-bond donors (Lipinski definition) is 0. The zero-order chi connectivity index (χ0) is 11.2. The summed E-state index contributed by atoms with van der Waals surface area (Å²) < 4.78 is 5.60. The van der Waals surface area contributed by atoms with Crippen molar-refractivity contribution in [2.45, 2.75) is 19.3 Å². The Morgan fingerprint density at radius 2 is 2.12 bits per heavy atom. The Labute approximate surface area is 101 Å². The summed E-state index contributed by atoms with van der Waals surface area (Å²) in [5, 5.41) is 0.446. The lowest BCUT2D eigenvalue weighted by atomic mass is 10.1. The van der Waals surface area contributed by atoms with Crippen LogP contribution in [-0.4, -0.2) is 36.1 Å². The lowest BCUT2D eigenvalue weighted by molar-refractivity contribution is 0.183. The van der Waals surface area contributed by atoms with Crippen molar-refractivity contribution in [2.75, 3.05) is 26.2 Å². The number of halogens is 1.